The molecule has 1 aromatic carbocycles. The summed E-state index contributed by atoms with van der Waals surface area (Å²) >= 11 is 0. The number of piperidine rings is 1. The lowest BCUT2D eigenvalue weighted by atomic mass is 9.89. The zero-order valence-corrected chi connectivity index (χ0v) is 17.7. The van der Waals surface area contributed by atoms with Crippen LogP contribution in [0.5, 0.6) is 0 Å². The third-order valence-electron chi connectivity index (χ3n) is 5.61. The maximum atomic E-state index is 13.4. The summed E-state index contributed by atoms with van der Waals surface area (Å²) in [4.78, 5) is 10.2. The Morgan fingerprint density at radius 1 is 1.04 bits per heavy atom. The fourth-order valence-corrected chi connectivity index (χ4v) is 3.87. The van der Waals surface area contributed by atoms with Crippen molar-refractivity contribution in [3.8, 4) is 22.4 Å². The Hall–Kier alpha value is -1.88. The maximum absolute atomic E-state index is 13.4. The molecule has 4 rings (SSSR count). The fraction of sp³-hybridized carbons (Fsp3) is 0.318. The quantitative estimate of drug-likeness (QED) is 0.568. The minimum atomic E-state index is -0.213. The number of rotatable bonds is 3. The van der Waals surface area contributed by atoms with Gasteiger partial charge in [-0.05, 0) is 86.9 Å². The summed E-state index contributed by atoms with van der Waals surface area (Å²) in [5, 5.41) is 0. The fourth-order valence-electron chi connectivity index (χ4n) is 3.87. The molecule has 6 heteroatoms. The van der Waals surface area contributed by atoms with Crippen molar-refractivity contribution in [2.75, 3.05) is 13.6 Å². The van der Waals surface area contributed by atoms with E-state index < -0.39 is 0 Å². The third-order valence-corrected chi connectivity index (χ3v) is 5.61. The van der Waals surface area contributed by atoms with E-state index in [0.717, 1.165) is 41.8 Å². The number of halogens is 3. The smallest absolute Gasteiger partial charge is 0.123 e. The van der Waals surface area contributed by atoms with Gasteiger partial charge in [0.25, 0.3) is 0 Å². The van der Waals surface area contributed by atoms with Gasteiger partial charge in [-0.1, -0.05) is 0 Å². The summed E-state index contributed by atoms with van der Waals surface area (Å²) in [5.41, 5.74) is 5.61. The average molecular weight is 422 g/mol. The Kier molecular flexibility index (Phi) is 7.64. The summed E-state index contributed by atoms with van der Waals surface area (Å²) in [6.45, 7) is 3.40. The Balaban J connectivity index is 0.00000140. The van der Waals surface area contributed by atoms with Crippen LogP contribution in [0.1, 0.15) is 31.4 Å². The minimum Gasteiger partial charge on any atom is -0.358 e. The summed E-state index contributed by atoms with van der Waals surface area (Å²) < 4.78 is 13.4. The molecule has 3 aromatic rings. The molecule has 0 amide bonds. The SMILES string of the molecule is C[C@H]1C[C@H](c2cc(-c3ccncc3)c(-c3ccc(F)cc3)[nH]2)CCN1C.Cl.Cl. The van der Waals surface area contributed by atoms with Crippen LogP contribution in [-0.2, 0) is 0 Å². The average Bonchev–Trinajstić information content (AvgIpc) is 3.11. The number of pyridine rings is 1. The van der Waals surface area contributed by atoms with Crippen LogP contribution in [0.4, 0.5) is 4.39 Å². The predicted molar refractivity (Wildman–Crippen MR) is 118 cm³/mol. The van der Waals surface area contributed by atoms with Gasteiger partial charge in [0.1, 0.15) is 5.82 Å². The third kappa shape index (κ3) is 4.57. The molecule has 1 N–H and O–H groups in total. The van der Waals surface area contributed by atoms with Crippen LogP contribution in [0.3, 0.4) is 0 Å². The molecule has 3 heterocycles. The number of H-pyrrole nitrogens is 1. The van der Waals surface area contributed by atoms with Gasteiger partial charge in [-0.25, -0.2) is 4.39 Å². The molecule has 0 radical (unpaired) electrons. The lowest BCUT2D eigenvalue weighted by Gasteiger charge is -2.34. The van der Waals surface area contributed by atoms with Crippen LogP contribution < -0.4 is 0 Å². The number of aromatic nitrogens is 2. The number of hydrogen-bond donors (Lipinski definition) is 1. The first-order valence-electron chi connectivity index (χ1n) is 9.21. The number of benzene rings is 1. The van der Waals surface area contributed by atoms with Crippen LogP contribution in [0, 0.1) is 5.82 Å². The maximum Gasteiger partial charge on any atom is 0.123 e. The van der Waals surface area contributed by atoms with Gasteiger partial charge in [-0.2, -0.15) is 0 Å². The molecular weight excluding hydrogens is 396 g/mol. The van der Waals surface area contributed by atoms with Crippen molar-refractivity contribution >= 4 is 24.8 Å². The molecule has 0 saturated carbocycles. The second-order valence-electron chi connectivity index (χ2n) is 7.31. The van der Waals surface area contributed by atoms with E-state index in [-0.39, 0.29) is 30.6 Å². The van der Waals surface area contributed by atoms with Gasteiger partial charge in [0, 0.05) is 35.6 Å². The summed E-state index contributed by atoms with van der Waals surface area (Å²) in [6.07, 6.45) is 5.93. The Morgan fingerprint density at radius 3 is 2.36 bits per heavy atom. The zero-order chi connectivity index (χ0) is 18.1. The van der Waals surface area contributed by atoms with Crippen molar-refractivity contribution in [1.29, 1.82) is 0 Å². The molecule has 1 aliphatic rings. The summed E-state index contributed by atoms with van der Waals surface area (Å²) in [5.74, 6) is 0.311. The highest BCUT2D eigenvalue weighted by molar-refractivity contribution is 5.85. The van der Waals surface area contributed by atoms with E-state index in [2.05, 4.69) is 34.9 Å². The first-order valence-corrected chi connectivity index (χ1v) is 9.21. The Labute approximate surface area is 178 Å². The minimum absolute atomic E-state index is 0. The van der Waals surface area contributed by atoms with Gasteiger partial charge in [-0.15, -0.1) is 24.8 Å². The molecule has 1 aliphatic heterocycles. The molecule has 2 atom stereocenters. The number of aromatic amines is 1. The second-order valence-corrected chi connectivity index (χ2v) is 7.31. The van der Waals surface area contributed by atoms with Crippen molar-refractivity contribution in [2.24, 2.45) is 0 Å². The van der Waals surface area contributed by atoms with E-state index in [1.165, 1.54) is 17.8 Å². The number of likely N-dealkylation sites (tertiary alicyclic amines) is 1. The molecule has 28 heavy (non-hydrogen) atoms. The van der Waals surface area contributed by atoms with Crippen molar-refractivity contribution in [1.82, 2.24) is 14.9 Å². The predicted octanol–water partition coefficient (Wildman–Crippen LogP) is 5.92. The van der Waals surface area contributed by atoms with Gasteiger partial charge in [0.15, 0.2) is 0 Å². The molecule has 0 aliphatic carbocycles. The van der Waals surface area contributed by atoms with E-state index in [9.17, 15) is 4.39 Å². The molecule has 0 bridgehead atoms. The topological polar surface area (TPSA) is 31.9 Å². The highest BCUT2D eigenvalue weighted by Crippen LogP contribution is 2.38. The van der Waals surface area contributed by atoms with Crippen molar-refractivity contribution in [3.63, 3.8) is 0 Å². The van der Waals surface area contributed by atoms with E-state index in [1.807, 2.05) is 36.7 Å². The van der Waals surface area contributed by atoms with Crippen molar-refractivity contribution < 1.29 is 4.39 Å². The van der Waals surface area contributed by atoms with Crippen LogP contribution in [0.15, 0.2) is 54.9 Å². The van der Waals surface area contributed by atoms with Crippen molar-refractivity contribution in [3.05, 3.63) is 66.4 Å². The van der Waals surface area contributed by atoms with Crippen LogP contribution in [-0.4, -0.2) is 34.5 Å². The van der Waals surface area contributed by atoms with Gasteiger partial charge in [0.2, 0.25) is 0 Å². The highest BCUT2D eigenvalue weighted by atomic mass is 35.5. The number of nitrogens with zero attached hydrogens (tertiary/aromatic N) is 2. The monoisotopic (exact) mass is 421 g/mol. The van der Waals surface area contributed by atoms with Crippen LogP contribution >= 0.6 is 24.8 Å². The Bertz CT molecular complexity index is 881. The van der Waals surface area contributed by atoms with Gasteiger partial charge >= 0.3 is 0 Å². The van der Waals surface area contributed by atoms with Crippen LogP contribution in [0.25, 0.3) is 22.4 Å². The number of hydrogen-bond acceptors (Lipinski definition) is 2. The highest BCUT2D eigenvalue weighted by Gasteiger charge is 2.26. The van der Waals surface area contributed by atoms with E-state index in [4.69, 9.17) is 0 Å². The standard InChI is InChI=1S/C22H24FN3.2ClH/c1-15-13-18(9-12-26(15)2)21-14-20(16-7-10-24-11-8-16)22(25-21)17-3-5-19(23)6-4-17;;/h3-8,10-11,14-15,18,25H,9,12-13H2,1-2H3;2*1H/t15-,18+;;/m0../s1. The lowest BCUT2D eigenvalue weighted by molar-refractivity contribution is 0.181. The van der Waals surface area contributed by atoms with Gasteiger partial charge in [0.05, 0.1) is 5.69 Å². The summed E-state index contributed by atoms with van der Waals surface area (Å²) in [7, 11) is 2.20. The van der Waals surface area contributed by atoms with E-state index >= 15 is 0 Å². The first-order chi connectivity index (χ1) is 12.6. The molecule has 1 fully saturated rings. The molecule has 0 unspecified atom stereocenters. The Morgan fingerprint density at radius 2 is 1.71 bits per heavy atom. The van der Waals surface area contributed by atoms with Crippen molar-refractivity contribution in [2.45, 2.75) is 31.7 Å². The van der Waals surface area contributed by atoms with Gasteiger partial charge in [-0.3, -0.25) is 4.98 Å². The molecular formula is C22H26Cl2FN3. The number of nitrogens with one attached hydrogen (secondary N) is 1. The largest absolute Gasteiger partial charge is 0.358 e. The molecule has 0 spiro atoms. The normalized spacial score (nSPS) is 19.5. The molecule has 150 valence electrons. The first kappa shape index (κ1) is 22.4. The lowest BCUT2D eigenvalue weighted by Crippen LogP contribution is -2.36. The second kappa shape index (κ2) is 9.55. The zero-order valence-electron chi connectivity index (χ0n) is 16.1. The molecule has 1 saturated heterocycles. The molecule has 2 aromatic heterocycles. The van der Waals surface area contributed by atoms with E-state index in [0.29, 0.717) is 12.0 Å². The summed E-state index contributed by atoms with van der Waals surface area (Å²) in [6, 6.07) is 13.6. The van der Waals surface area contributed by atoms with E-state index in [1.54, 1.807) is 0 Å². The van der Waals surface area contributed by atoms with Crippen LogP contribution in [0.2, 0.25) is 0 Å². The molecule has 3 nitrogen and oxygen atoms in total. The van der Waals surface area contributed by atoms with Gasteiger partial charge < -0.3 is 9.88 Å².